The van der Waals surface area contributed by atoms with Gasteiger partial charge in [-0.25, -0.2) is 9.78 Å². The van der Waals surface area contributed by atoms with Crippen molar-refractivity contribution < 1.29 is 9.53 Å². The number of amides is 1. The van der Waals surface area contributed by atoms with Crippen molar-refractivity contribution in [2.75, 3.05) is 16.8 Å². The van der Waals surface area contributed by atoms with Crippen LogP contribution in [0.3, 0.4) is 0 Å². The van der Waals surface area contributed by atoms with Gasteiger partial charge in [0.2, 0.25) is 5.95 Å². The number of carbonyl (C=O) groups is 1. The van der Waals surface area contributed by atoms with Crippen LogP contribution in [0.25, 0.3) is 11.1 Å². The van der Waals surface area contributed by atoms with E-state index in [2.05, 4.69) is 58.6 Å². The minimum Gasteiger partial charge on any atom is -0.447 e. The number of nitrogens with one attached hydrogen (secondary N) is 1. The number of hydrogen-bond acceptors (Lipinski definition) is 5. The lowest BCUT2D eigenvalue weighted by molar-refractivity contribution is 0.179. The Kier molecular flexibility index (Phi) is 5.72. The number of carbonyl (C=O) groups excluding carboxylic acids is 1. The first-order valence-corrected chi connectivity index (χ1v) is 10.9. The van der Waals surface area contributed by atoms with Gasteiger partial charge in [-0.15, -0.1) is 0 Å². The van der Waals surface area contributed by atoms with Crippen molar-refractivity contribution in [1.29, 1.82) is 0 Å². The Morgan fingerprint density at radius 3 is 2.30 bits per heavy atom. The van der Waals surface area contributed by atoms with Crippen molar-refractivity contribution in [3.05, 3.63) is 108 Å². The molecule has 2 heterocycles. The number of hydrogen-bond donors (Lipinski definition) is 1. The molecule has 0 aliphatic carbocycles. The highest BCUT2D eigenvalue weighted by molar-refractivity contribution is 5.89. The van der Waals surface area contributed by atoms with E-state index < -0.39 is 6.09 Å². The van der Waals surface area contributed by atoms with Crippen molar-refractivity contribution in [2.24, 2.45) is 0 Å². The summed E-state index contributed by atoms with van der Waals surface area (Å²) in [6, 6.07) is 30.1. The van der Waals surface area contributed by atoms with Crippen molar-refractivity contribution >= 4 is 17.9 Å². The maximum Gasteiger partial charge on any atom is 0.416 e. The summed E-state index contributed by atoms with van der Waals surface area (Å²) in [4.78, 5) is 23.0. The summed E-state index contributed by atoms with van der Waals surface area (Å²) in [5, 5.41) is 3.35. The third-order valence-corrected chi connectivity index (χ3v) is 5.81. The van der Waals surface area contributed by atoms with Crippen LogP contribution in [0.2, 0.25) is 0 Å². The lowest BCUT2D eigenvalue weighted by Crippen LogP contribution is -2.28. The first kappa shape index (κ1) is 20.7. The second-order valence-corrected chi connectivity index (χ2v) is 7.97. The molecule has 6 heteroatoms. The van der Waals surface area contributed by atoms with Crippen LogP contribution < -0.4 is 10.2 Å². The summed E-state index contributed by atoms with van der Waals surface area (Å²) >= 11 is 0. The number of rotatable bonds is 6. The summed E-state index contributed by atoms with van der Waals surface area (Å²) in [6.07, 6.45) is 1.25. The standard InChI is InChI=1S/C27H24N4O2/c1-19(20-12-14-22(15-13-20)21-8-4-2-5-9-21)29-26-28-17-16-25(30-26)31-24(18-33-27(31)32)23-10-6-3-7-11-23/h2-17,19,24H,18H2,1H3,(H,28,29,30)/t19-,24+/m1/s1. The summed E-state index contributed by atoms with van der Waals surface area (Å²) in [5.41, 5.74) is 4.48. The maximum atomic E-state index is 12.5. The van der Waals surface area contributed by atoms with Crippen molar-refractivity contribution in [2.45, 2.75) is 19.0 Å². The van der Waals surface area contributed by atoms with E-state index in [4.69, 9.17) is 4.74 Å². The molecule has 3 aromatic carbocycles. The first-order valence-electron chi connectivity index (χ1n) is 10.9. The average Bonchev–Trinajstić information content (AvgIpc) is 3.27. The zero-order valence-electron chi connectivity index (χ0n) is 18.3. The molecule has 1 aliphatic heterocycles. The van der Waals surface area contributed by atoms with E-state index in [9.17, 15) is 4.79 Å². The molecular weight excluding hydrogens is 412 g/mol. The topological polar surface area (TPSA) is 67.4 Å². The molecular formula is C27H24N4O2. The van der Waals surface area contributed by atoms with Gasteiger partial charge in [0.15, 0.2) is 0 Å². The summed E-state index contributed by atoms with van der Waals surface area (Å²) in [6.45, 7) is 2.35. The van der Waals surface area contributed by atoms with Crippen LogP contribution in [-0.2, 0) is 4.74 Å². The minimum atomic E-state index is -0.405. The van der Waals surface area contributed by atoms with E-state index in [1.807, 2.05) is 48.5 Å². The summed E-state index contributed by atoms with van der Waals surface area (Å²) < 4.78 is 5.33. The molecule has 2 atom stereocenters. The van der Waals surface area contributed by atoms with Gasteiger partial charge in [-0.1, -0.05) is 84.9 Å². The number of cyclic esters (lactones) is 1. The lowest BCUT2D eigenvalue weighted by atomic mass is 10.0. The van der Waals surface area contributed by atoms with Gasteiger partial charge in [0.05, 0.1) is 6.04 Å². The van der Waals surface area contributed by atoms with Crippen LogP contribution in [0.5, 0.6) is 0 Å². The fourth-order valence-electron chi connectivity index (χ4n) is 4.02. The molecule has 164 valence electrons. The normalized spacial score (nSPS) is 16.3. The third-order valence-electron chi connectivity index (χ3n) is 5.81. The lowest BCUT2D eigenvalue weighted by Gasteiger charge is -2.21. The van der Waals surface area contributed by atoms with Crippen LogP contribution in [0.1, 0.15) is 30.1 Å². The van der Waals surface area contributed by atoms with Crippen molar-refractivity contribution in [1.82, 2.24) is 9.97 Å². The van der Waals surface area contributed by atoms with Gasteiger partial charge >= 0.3 is 6.09 Å². The van der Waals surface area contributed by atoms with E-state index in [1.54, 1.807) is 17.2 Å². The highest BCUT2D eigenvalue weighted by Gasteiger charge is 2.36. The molecule has 0 bridgehead atoms. The zero-order valence-corrected chi connectivity index (χ0v) is 18.3. The monoisotopic (exact) mass is 436 g/mol. The molecule has 1 aliphatic rings. The predicted octanol–water partition coefficient (Wildman–Crippen LogP) is 6.01. The van der Waals surface area contributed by atoms with Crippen molar-refractivity contribution in [3.8, 4) is 11.1 Å². The molecule has 1 N–H and O–H groups in total. The van der Waals surface area contributed by atoms with Gasteiger partial charge in [-0.05, 0) is 35.2 Å². The molecule has 1 fully saturated rings. The van der Waals surface area contributed by atoms with E-state index >= 15 is 0 Å². The minimum absolute atomic E-state index is 0.0134. The van der Waals surface area contributed by atoms with Crippen LogP contribution in [-0.4, -0.2) is 22.7 Å². The zero-order chi connectivity index (χ0) is 22.6. The van der Waals surface area contributed by atoms with E-state index in [0.29, 0.717) is 18.4 Å². The highest BCUT2D eigenvalue weighted by atomic mass is 16.6. The Balaban J connectivity index is 1.33. The van der Waals surface area contributed by atoms with Gasteiger partial charge in [0.25, 0.3) is 0 Å². The molecule has 0 unspecified atom stereocenters. The summed E-state index contributed by atoms with van der Waals surface area (Å²) in [7, 11) is 0. The number of benzene rings is 3. The van der Waals surface area contributed by atoms with Gasteiger partial charge < -0.3 is 10.1 Å². The highest BCUT2D eigenvalue weighted by Crippen LogP contribution is 2.32. The quantitative estimate of drug-likeness (QED) is 0.401. The van der Waals surface area contributed by atoms with Crippen LogP contribution in [0, 0.1) is 0 Å². The molecule has 1 amide bonds. The third kappa shape index (κ3) is 4.41. The fourth-order valence-corrected chi connectivity index (χ4v) is 4.02. The van der Waals surface area contributed by atoms with Crippen LogP contribution in [0.4, 0.5) is 16.6 Å². The molecule has 33 heavy (non-hydrogen) atoms. The number of nitrogens with zero attached hydrogens (tertiary/aromatic N) is 3. The molecule has 6 nitrogen and oxygen atoms in total. The Bertz CT molecular complexity index is 1230. The second-order valence-electron chi connectivity index (χ2n) is 7.97. The number of aromatic nitrogens is 2. The molecule has 0 spiro atoms. The molecule has 0 radical (unpaired) electrons. The Morgan fingerprint density at radius 1 is 0.909 bits per heavy atom. The average molecular weight is 437 g/mol. The van der Waals surface area contributed by atoms with Crippen LogP contribution >= 0.6 is 0 Å². The maximum absolute atomic E-state index is 12.5. The predicted molar refractivity (Wildman–Crippen MR) is 129 cm³/mol. The van der Waals surface area contributed by atoms with Crippen LogP contribution in [0.15, 0.2) is 97.2 Å². The number of anilines is 2. The summed E-state index contributed by atoms with van der Waals surface area (Å²) in [5.74, 6) is 0.967. The van der Waals surface area contributed by atoms with E-state index in [1.165, 1.54) is 11.1 Å². The molecule has 1 saturated heterocycles. The van der Waals surface area contributed by atoms with Gasteiger partial charge in [0, 0.05) is 6.20 Å². The van der Waals surface area contributed by atoms with Gasteiger partial charge in [-0.2, -0.15) is 4.98 Å². The van der Waals surface area contributed by atoms with E-state index in [-0.39, 0.29) is 12.1 Å². The fraction of sp³-hybridized carbons (Fsp3) is 0.148. The Labute approximate surface area is 192 Å². The molecule has 1 aromatic heterocycles. The molecule has 5 rings (SSSR count). The SMILES string of the molecule is C[C@@H](Nc1nccc(N2C(=O)OC[C@H]2c2ccccc2)n1)c1ccc(-c2ccccc2)cc1. The van der Waals surface area contributed by atoms with E-state index in [0.717, 1.165) is 11.1 Å². The second kappa shape index (κ2) is 9.12. The van der Waals surface area contributed by atoms with Gasteiger partial charge in [0.1, 0.15) is 18.5 Å². The largest absolute Gasteiger partial charge is 0.447 e. The number of ether oxygens (including phenoxy) is 1. The smallest absolute Gasteiger partial charge is 0.416 e. The first-order chi connectivity index (χ1) is 16.2. The Hall–Kier alpha value is -4.19. The molecule has 4 aromatic rings. The molecule has 0 saturated carbocycles. The van der Waals surface area contributed by atoms with Gasteiger partial charge in [-0.3, -0.25) is 4.90 Å². The Morgan fingerprint density at radius 2 is 1.58 bits per heavy atom. The van der Waals surface area contributed by atoms with Crippen molar-refractivity contribution in [3.63, 3.8) is 0 Å².